The van der Waals surface area contributed by atoms with Crippen LogP contribution < -0.4 is 0 Å². The zero-order valence-corrected chi connectivity index (χ0v) is 10.1. The van der Waals surface area contributed by atoms with Gasteiger partial charge in [-0.3, -0.25) is 4.79 Å². The predicted octanol–water partition coefficient (Wildman–Crippen LogP) is 2.87. The summed E-state index contributed by atoms with van der Waals surface area (Å²) in [4.78, 5) is 17.4. The van der Waals surface area contributed by atoms with Crippen molar-refractivity contribution in [3.8, 4) is 0 Å². The molecule has 0 aromatic carbocycles. The molecule has 82 valence electrons. The van der Waals surface area contributed by atoms with Gasteiger partial charge in [-0.2, -0.15) is 0 Å². The van der Waals surface area contributed by atoms with E-state index in [0.29, 0.717) is 23.7 Å². The lowest BCUT2D eigenvalue weighted by Gasteiger charge is -2.18. The number of pyridine rings is 1. The molecule has 3 nitrogen and oxygen atoms in total. The number of carbonyl (C=O) groups is 1. The van der Waals surface area contributed by atoms with Gasteiger partial charge in [-0.05, 0) is 19.9 Å². The molecule has 1 heterocycles. The van der Waals surface area contributed by atoms with Crippen LogP contribution in [0.2, 0.25) is 10.2 Å². The first-order valence-electron chi connectivity index (χ1n) is 4.70. The van der Waals surface area contributed by atoms with E-state index in [2.05, 4.69) is 4.98 Å². The number of hydrogen-bond acceptors (Lipinski definition) is 2. The molecule has 0 aliphatic heterocycles. The number of rotatable bonds is 3. The van der Waals surface area contributed by atoms with Gasteiger partial charge in [0.05, 0.1) is 10.6 Å². The van der Waals surface area contributed by atoms with Crippen molar-refractivity contribution in [1.82, 2.24) is 9.88 Å². The van der Waals surface area contributed by atoms with Gasteiger partial charge in [0.2, 0.25) is 0 Å². The highest BCUT2D eigenvalue weighted by molar-refractivity contribution is 6.36. The first kappa shape index (κ1) is 12.3. The second-order valence-electron chi connectivity index (χ2n) is 2.96. The average Bonchev–Trinajstić information content (AvgIpc) is 2.19. The maximum absolute atomic E-state index is 11.9. The van der Waals surface area contributed by atoms with E-state index >= 15 is 0 Å². The fourth-order valence-electron chi connectivity index (χ4n) is 1.25. The summed E-state index contributed by atoms with van der Waals surface area (Å²) in [5.41, 5.74) is 0.393. The van der Waals surface area contributed by atoms with Crippen molar-refractivity contribution < 1.29 is 4.79 Å². The van der Waals surface area contributed by atoms with E-state index in [9.17, 15) is 4.79 Å². The molecule has 0 bridgehead atoms. The summed E-state index contributed by atoms with van der Waals surface area (Å²) in [5, 5.41) is 0.628. The highest BCUT2D eigenvalue weighted by Gasteiger charge is 2.16. The molecule has 15 heavy (non-hydrogen) atoms. The van der Waals surface area contributed by atoms with Crippen LogP contribution in [0.25, 0.3) is 0 Å². The molecule has 0 N–H and O–H groups in total. The van der Waals surface area contributed by atoms with E-state index in [1.165, 1.54) is 12.3 Å². The molecule has 0 aliphatic carbocycles. The SMILES string of the molecule is CCN(CC)C(=O)c1cnc(Cl)cc1Cl. The van der Waals surface area contributed by atoms with Crippen molar-refractivity contribution in [1.29, 1.82) is 0 Å². The van der Waals surface area contributed by atoms with Crippen LogP contribution in [0.1, 0.15) is 24.2 Å². The van der Waals surface area contributed by atoms with Crippen LogP contribution in [-0.2, 0) is 0 Å². The third kappa shape index (κ3) is 2.83. The Hall–Kier alpha value is -0.800. The van der Waals surface area contributed by atoms with Crippen molar-refractivity contribution in [2.45, 2.75) is 13.8 Å². The average molecular weight is 247 g/mol. The van der Waals surface area contributed by atoms with Gasteiger partial charge in [-0.1, -0.05) is 23.2 Å². The third-order valence-corrected chi connectivity index (χ3v) is 2.62. The maximum atomic E-state index is 11.9. The molecule has 1 rings (SSSR count). The highest BCUT2D eigenvalue weighted by atomic mass is 35.5. The normalized spacial score (nSPS) is 10.1. The molecule has 0 radical (unpaired) electrons. The molecule has 0 fully saturated rings. The van der Waals surface area contributed by atoms with Crippen LogP contribution in [0.5, 0.6) is 0 Å². The number of amides is 1. The predicted molar refractivity (Wildman–Crippen MR) is 61.5 cm³/mol. The second-order valence-corrected chi connectivity index (χ2v) is 3.76. The first-order chi connectivity index (χ1) is 7.10. The molecule has 0 spiro atoms. The molecule has 0 saturated carbocycles. The highest BCUT2D eigenvalue weighted by Crippen LogP contribution is 2.19. The van der Waals surface area contributed by atoms with Gasteiger partial charge < -0.3 is 4.90 Å². The van der Waals surface area contributed by atoms with Crippen molar-refractivity contribution >= 4 is 29.1 Å². The molecule has 0 aliphatic rings. The van der Waals surface area contributed by atoms with E-state index in [-0.39, 0.29) is 11.1 Å². The van der Waals surface area contributed by atoms with Gasteiger partial charge in [0.25, 0.3) is 5.91 Å². The quantitative estimate of drug-likeness (QED) is 0.769. The lowest BCUT2D eigenvalue weighted by molar-refractivity contribution is 0.0773. The Kier molecular flexibility index (Phi) is 4.36. The van der Waals surface area contributed by atoms with Gasteiger partial charge in [0, 0.05) is 19.3 Å². The molecule has 5 heteroatoms. The summed E-state index contributed by atoms with van der Waals surface area (Å²) in [5.74, 6) is -0.117. The molecule has 1 aromatic heterocycles. The molecular formula is C10H12Cl2N2O. The maximum Gasteiger partial charge on any atom is 0.256 e. The van der Waals surface area contributed by atoms with Crippen LogP contribution in [0.4, 0.5) is 0 Å². The number of aromatic nitrogens is 1. The summed E-state index contributed by atoms with van der Waals surface area (Å²) >= 11 is 11.6. The van der Waals surface area contributed by atoms with Crippen molar-refractivity contribution in [3.05, 3.63) is 28.0 Å². The fraction of sp³-hybridized carbons (Fsp3) is 0.400. The third-order valence-electron chi connectivity index (χ3n) is 2.10. The molecule has 1 aromatic rings. The minimum atomic E-state index is -0.117. The lowest BCUT2D eigenvalue weighted by Crippen LogP contribution is -2.30. The van der Waals surface area contributed by atoms with E-state index in [1.807, 2.05) is 13.8 Å². The first-order valence-corrected chi connectivity index (χ1v) is 5.46. The minimum Gasteiger partial charge on any atom is -0.339 e. The summed E-state index contributed by atoms with van der Waals surface area (Å²) in [6.45, 7) is 5.12. The molecule has 0 unspecified atom stereocenters. The van der Waals surface area contributed by atoms with Gasteiger partial charge in [-0.15, -0.1) is 0 Å². The van der Waals surface area contributed by atoms with E-state index in [1.54, 1.807) is 4.90 Å². The lowest BCUT2D eigenvalue weighted by atomic mass is 10.2. The van der Waals surface area contributed by atoms with Gasteiger partial charge in [0.1, 0.15) is 5.15 Å². The van der Waals surface area contributed by atoms with Gasteiger partial charge >= 0.3 is 0 Å². The summed E-state index contributed by atoms with van der Waals surface area (Å²) in [6, 6.07) is 1.47. The Morgan fingerprint density at radius 2 is 2.00 bits per heavy atom. The monoisotopic (exact) mass is 246 g/mol. The van der Waals surface area contributed by atoms with Crippen LogP contribution in [-0.4, -0.2) is 28.9 Å². The standard InChI is InChI=1S/C10H12Cl2N2O/c1-3-14(4-2)10(15)7-6-13-9(12)5-8(7)11/h5-6H,3-4H2,1-2H3. The van der Waals surface area contributed by atoms with E-state index < -0.39 is 0 Å². The van der Waals surface area contributed by atoms with Crippen LogP contribution in [0.15, 0.2) is 12.3 Å². The summed E-state index contributed by atoms with van der Waals surface area (Å²) < 4.78 is 0. The van der Waals surface area contributed by atoms with Gasteiger partial charge in [0.15, 0.2) is 0 Å². The Bertz CT molecular complexity index is 364. The number of halogens is 2. The van der Waals surface area contributed by atoms with E-state index in [4.69, 9.17) is 23.2 Å². The minimum absolute atomic E-state index is 0.117. The fourth-order valence-corrected chi connectivity index (χ4v) is 1.69. The van der Waals surface area contributed by atoms with Crippen molar-refractivity contribution in [3.63, 3.8) is 0 Å². The van der Waals surface area contributed by atoms with Crippen molar-refractivity contribution in [2.24, 2.45) is 0 Å². The summed E-state index contributed by atoms with van der Waals surface area (Å²) in [6.07, 6.45) is 1.41. The smallest absolute Gasteiger partial charge is 0.256 e. The zero-order valence-electron chi connectivity index (χ0n) is 8.63. The zero-order chi connectivity index (χ0) is 11.4. The number of hydrogen-bond donors (Lipinski definition) is 0. The van der Waals surface area contributed by atoms with Crippen LogP contribution in [0.3, 0.4) is 0 Å². The molecule has 1 amide bonds. The van der Waals surface area contributed by atoms with E-state index in [0.717, 1.165) is 0 Å². The summed E-state index contributed by atoms with van der Waals surface area (Å²) in [7, 11) is 0. The van der Waals surface area contributed by atoms with Crippen molar-refractivity contribution in [2.75, 3.05) is 13.1 Å². The topological polar surface area (TPSA) is 33.2 Å². The molecular weight excluding hydrogens is 235 g/mol. The Balaban J connectivity index is 3.00. The Morgan fingerprint density at radius 1 is 1.40 bits per heavy atom. The van der Waals surface area contributed by atoms with Crippen LogP contribution >= 0.6 is 23.2 Å². The number of nitrogens with zero attached hydrogens (tertiary/aromatic N) is 2. The largest absolute Gasteiger partial charge is 0.339 e. The Labute approximate surface area is 99.0 Å². The van der Waals surface area contributed by atoms with Gasteiger partial charge in [-0.25, -0.2) is 4.98 Å². The molecule has 0 saturated heterocycles. The second kappa shape index (κ2) is 5.33. The van der Waals surface area contributed by atoms with Crippen LogP contribution in [0, 0.1) is 0 Å². The molecule has 0 atom stereocenters. The number of carbonyl (C=O) groups excluding carboxylic acids is 1. The Morgan fingerprint density at radius 3 is 2.47 bits per heavy atom.